The molecule has 0 N–H and O–H groups in total. The highest BCUT2D eigenvalue weighted by Crippen LogP contribution is 2.48. The van der Waals surface area contributed by atoms with Crippen molar-refractivity contribution in [2.75, 3.05) is 0 Å². The van der Waals surface area contributed by atoms with Crippen molar-refractivity contribution in [1.82, 2.24) is 0 Å². The standard InChI is InChI=1S/C18H22O4/c1-11-17(5)14(19)12-8-6-7-9-13(12)15(20)18(21-11,22-17)10-16(2,3)4/h6-9,11H,10H2,1-5H3/t11-,17-,18-/m1/s1. The Kier molecular flexibility index (Phi) is 3.14. The predicted molar refractivity (Wildman–Crippen MR) is 81.9 cm³/mol. The van der Waals surface area contributed by atoms with E-state index in [1.807, 2.05) is 20.8 Å². The van der Waals surface area contributed by atoms with Crippen LogP contribution in [0, 0.1) is 5.41 Å². The molecule has 118 valence electrons. The van der Waals surface area contributed by atoms with Gasteiger partial charge in [-0.05, 0) is 19.3 Å². The van der Waals surface area contributed by atoms with Gasteiger partial charge in [0.25, 0.3) is 0 Å². The van der Waals surface area contributed by atoms with Crippen molar-refractivity contribution in [3.05, 3.63) is 35.4 Å². The van der Waals surface area contributed by atoms with Gasteiger partial charge in [-0.25, -0.2) is 0 Å². The van der Waals surface area contributed by atoms with E-state index in [0.29, 0.717) is 17.5 Å². The van der Waals surface area contributed by atoms with Crippen LogP contribution in [0.3, 0.4) is 0 Å². The monoisotopic (exact) mass is 302 g/mol. The Hall–Kier alpha value is -1.52. The predicted octanol–water partition coefficient (Wildman–Crippen LogP) is 3.39. The zero-order valence-corrected chi connectivity index (χ0v) is 13.7. The molecule has 4 heteroatoms. The zero-order chi connectivity index (χ0) is 16.3. The van der Waals surface area contributed by atoms with Gasteiger partial charge in [-0.15, -0.1) is 0 Å². The number of carbonyl (C=O) groups is 2. The van der Waals surface area contributed by atoms with Gasteiger partial charge in [0.05, 0.1) is 6.10 Å². The molecule has 0 saturated carbocycles. The van der Waals surface area contributed by atoms with Crippen molar-refractivity contribution in [2.45, 2.75) is 58.5 Å². The average Bonchev–Trinajstić information content (AvgIpc) is 2.65. The van der Waals surface area contributed by atoms with Gasteiger partial charge in [0.15, 0.2) is 11.4 Å². The van der Waals surface area contributed by atoms with Crippen molar-refractivity contribution in [3.63, 3.8) is 0 Å². The highest BCUT2D eigenvalue weighted by molar-refractivity contribution is 6.16. The van der Waals surface area contributed by atoms with Gasteiger partial charge >= 0.3 is 0 Å². The fraction of sp³-hybridized carbons (Fsp3) is 0.556. The summed E-state index contributed by atoms with van der Waals surface area (Å²) in [6, 6.07) is 6.91. The molecule has 1 aromatic carbocycles. The normalized spacial score (nSPS) is 34.5. The molecule has 3 atom stereocenters. The number of fused-ring (bicyclic) bond motifs is 3. The SMILES string of the molecule is C[C@H]1O[C@]2(CC(C)(C)C)O[C@@]1(C)C(=O)c1ccccc1C2=O. The first-order valence-electron chi connectivity index (χ1n) is 7.66. The molecule has 2 aliphatic rings. The summed E-state index contributed by atoms with van der Waals surface area (Å²) in [4.78, 5) is 26.0. The minimum atomic E-state index is -1.38. The topological polar surface area (TPSA) is 52.6 Å². The van der Waals surface area contributed by atoms with Crippen LogP contribution in [0.2, 0.25) is 0 Å². The Morgan fingerprint density at radius 2 is 1.64 bits per heavy atom. The van der Waals surface area contributed by atoms with Crippen LogP contribution in [0.1, 0.15) is 61.8 Å². The van der Waals surface area contributed by atoms with E-state index in [1.54, 1.807) is 38.1 Å². The first kappa shape index (κ1) is 15.4. The molecule has 0 amide bonds. The molecule has 2 bridgehead atoms. The minimum absolute atomic E-state index is 0.178. The maximum Gasteiger partial charge on any atom is 0.235 e. The number of hydrogen-bond donors (Lipinski definition) is 0. The Bertz CT molecular complexity index is 657. The van der Waals surface area contributed by atoms with Crippen LogP contribution in [-0.4, -0.2) is 29.1 Å². The number of Topliss-reactive ketones (excluding diaryl/α,β-unsaturated/α-hetero) is 2. The lowest BCUT2D eigenvalue weighted by Gasteiger charge is -2.32. The number of rotatable bonds is 1. The van der Waals surface area contributed by atoms with Gasteiger partial charge in [-0.2, -0.15) is 0 Å². The lowest BCUT2D eigenvalue weighted by Crippen LogP contribution is -2.45. The average molecular weight is 302 g/mol. The van der Waals surface area contributed by atoms with Gasteiger partial charge in [-0.3, -0.25) is 9.59 Å². The number of hydrogen-bond acceptors (Lipinski definition) is 4. The number of ketones is 2. The maximum atomic E-state index is 13.1. The summed E-state index contributed by atoms with van der Waals surface area (Å²) >= 11 is 0. The highest BCUT2D eigenvalue weighted by atomic mass is 16.8. The van der Waals surface area contributed by atoms with Crippen LogP contribution >= 0.6 is 0 Å². The van der Waals surface area contributed by atoms with Crippen molar-refractivity contribution < 1.29 is 19.1 Å². The second kappa shape index (κ2) is 4.49. The van der Waals surface area contributed by atoms with E-state index in [-0.39, 0.29) is 17.0 Å². The molecule has 22 heavy (non-hydrogen) atoms. The smallest absolute Gasteiger partial charge is 0.235 e. The van der Waals surface area contributed by atoms with Crippen LogP contribution in [0.25, 0.3) is 0 Å². The fourth-order valence-corrected chi connectivity index (χ4v) is 3.39. The van der Waals surface area contributed by atoms with E-state index in [0.717, 1.165) is 0 Å². The Balaban J connectivity index is 2.22. The molecule has 1 fully saturated rings. The fourth-order valence-electron chi connectivity index (χ4n) is 3.39. The number of carbonyl (C=O) groups excluding carboxylic acids is 2. The molecule has 1 saturated heterocycles. The van der Waals surface area contributed by atoms with E-state index < -0.39 is 17.5 Å². The van der Waals surface area contributed by atoms with Crippen LogP contribution in [-0.2, 0) is 9.47 Å². The molecule has 4 nitrogen and oxygen atoms in total. The molecule has 0 aromatic heterocycles. The molecule has 3 rings (SSSR count). The van der Waals surface area contributed by atoms with Gasteiger partial charge < -0.3 is 9.47 Å². The highest BCUT2D eigenvalue weighted by Gasteiger charge is 2.63. The Morgan fingerprint density at radius 1 is 1.09 bits per heavy atom. The van der Waals surface area contributed by atoms with Crippen molar-refractivity contribution in [1.29, 1.82) is 0 Å². The maximum absolute atomic E-state index is 13.1. The number of ether oxygens (including phenoxy) is 2. The third-order valence-corrected chi connectivity index (χ3v) is 4.50. The first-order chi connectivity index (χ1) is 10.1. The molecule has 2 aliphatic heterocycles. The van der Waals surface area contributed by atoms with Gasteiger partial charge in [0.2, 0.25) is 11.6 Å². The summed E-state index contributed by atoms with van der Waals surface area (Å²) in [6.45, 7) is 9.60. The quantitative estimate of drug-likeness (QED) is 0.798. The third kappa shape index (κ3) is 2.05. The molecule has 0 radical (unpaired) electrons. The van der Waals surface area contributed by atoms with E-state index >= 15 is 0 Å². The molecular weight excluding hydrogens is 280 g/mol. The first-order valence-corrected chi connectivity index (χ1v) is 7.66. The summed E-state index contributed by atoms with van der Waals surface area (Å²) in [5.74, 6) is -1.81. The molecule has 2 heterocycles. The van der Waals surface area contributed by atoms with Gasteiger partial charge in [0, 0.05) is 17.5 Å². The lowest BCUT2D eigenvalue weighted by atomic mass is 9.82. The zero-order valence-electron chi connectivity index (χ0n) is 13.7. The van der Waals surface area contributed by atoms with Gasteiger partial charge in [-0.1, -0.05) is 45.0 Å². The van der Waals surface area contributed by atoms with Crippen LogP contribution in [0.5, 0.6) is 0 Å². The second-order valence-corrected chi connectivity index (χ2v) is 7.66. The lowest BCUT2D eigenvalue weighted by molar-refractivity contribution is -0.160. The van der Waals surface area contributed by atoms with Crippen molar-refractivity contribution >= 4 is 11.6 Å². The van der Waals surface area contributed by atoms with E-state index in [2.05, 4.69) is 0 Å². The van der Waals surface area contributed by atoms with Crippen LogP contribution in [0.4, 0.5) is 0 Å². The third-order valence-electron chi connectivity index (χ3n) is 4.50. The Labute approximate surface area is 130 Å². The van der Waals surface area contributed by atoms with E-state index in [4.69, 9.17) is 9.47 Å². The van der Waals surface area contributed by atoms with Crippen molar-refractivity contribution in [3.8, 4) is 0 Å². The summed E-state index contributed by atoms with van der Waals surface area (Å²) in [6.07, 6.45) is -0.0694. The Morgan fingerprint density at radius 3 is 2.18 bits per heavy atom. The second-order valence-electron chi connectivity index (χ2n) is 7.66. The van der Waals surface area contributed by atoms with Crippen molar-refractivity contribution in [2.24, 2.45) is 5.41 Å². The summed E-state index contributed by atoms with van der Waals surface area (Å²) < 4.78 is 12.1. The summed E-state index contributed by atoms with van der Waals surface area (Å²) in [5.41, 5.74) is -0.482. The molecule has 0 unspecified atom stereocenters. The molecule has 0 aliphatic carbocycles. The van der Waals surface area contributed by atoms with Crippen LogP contribution < -0.4 is 0 Å². The molecule has 1 aromatic rings. The van der Waals surface area contributed by atoms with E-state index in [9.17, 15) is 9.59 Å². The molecular formula is C18H22O4. The minimum Gasteiger partial charge on any atom is -0.337 e. The van der Waals surface area contributed by atoms with Gasteiger partial charge in [0.1, 0.15) is 0 Å². The summed E-state index contributed by atoms with van der Waals surface area (Å²) in [7, 11) is 0. The largest absolute Gasteiger partial charge is 0.337 e. The number of benzene rings is 1. The summed E-state index contributed by atoms with van der Waals surface area (Å²) in [5, 5.41) is 0. The molecule has 0 spiro atoms. The van der Waals surface area contributed by atoms with Crippen LogP contribution in [0.15, 0.2) is 24.3 Å². The van der Waals surface area contributed by atoms with E-state index in [1.165, 1.54) is 0 Å².